The molecule has 0 saturated carbocycles. The SMILES string of the molecule is C(=C\c1cc(-c2cccc3c2sc2ccccc23)c2ccc3ccc(-c4cccc5c4sc4ccccc45)c4ccc1c2c34)/c1ccccc1. The lowest BCUT2D eigenvalue weighted by Crippen LogP contribution is -1.92. The molecule has 0 saturated heterocycles. The maximum Gasteiger partial charge on any atom is 0.0434 e. The normalized spacial score (nSPS) is 12.3. The fourth-order valence-corrected chi connectivity index (χ4v) is 10.6. The molecule has 11 rings (SSSR count). The van der Waals surface area contributed by atoms with Crippen LogP contribution in [-0.2, 0) is 0 Å². The van der Waals surface area contributed by atoms with Gasteiger partial charge in [-0.25, -0.2) is 0 Å². The van der Waals surface area contributed by atoms with E-state index in [9.17, 15) is 0 Å². The lowest BCUT2D eigenvalue weighted by Gasteiger charge is -2.19. The number of fused-ring (bicyclic) bond motifs is 6. The summed E-state index contributed by atoms with van der Waals surface area (Å²) in [5, 5.41) is 13.2. The van der Waals surface area contributed by atoms with E-state index in [-0.39, 0.29) is 0 Å². The molecule has 2 heteroatoms. The molecule has 50 heavy (non-hydrogen) atoms. The van der Waals surface area contributed by atoms with E-state index in [1.807, 2.05) is 22.7 Å². The summed E-state index contributed by atoms with van der Waals surface area (Å²) < 4.78 is 5.37. The van der Waals surface area contributed by atoms with Crippen molar-refractivity contribution in [2.75, 3.05) is 0 Å². The van der Waals surface area contributed by atoms with Crippen LogP contribution >= 0.6 is 22.7 Å². The van der Waals surface area contributed by atoms with Crippen molar-refractivity contribution < 1.29 is 0 Å². The highest BCUT2D eigenvalue weighted by atomic mass is 32.1. The van der Waals surface area contributed by atoms with Crippen molar-refractivity contribution in [3.05, 3.63) is 169 Å². The Bertz CT molecular complexity index is 3140. The fourth-order valence-electron chi connectivity index (χ4n) is 8.19. The van der Waals surface area contributed by atoms with E-state index in [0.717, 1.165) is 0 Å². The van der Waals surface area contributed by atoms with Crippen molar-refractivity contribution in [2.45, 2.75) is 0 Å². The predicted octanol–water partition coefficient (Wildman–Crippen LogP) is 14.8. The Balaban J connectivity index is 1.24. The van der Waals surface area contributed by atoms with Gasteiger partial charge in [-0.2, -0.15) is 0 Å². The summed E-state index contributed by atoms with van der Waals surface area (Å²) in [6.45, 7) is 0. The van der Waals surface area contributed by atoms with Gasteiger partial charge in [0, 0.05) is 51.5 Å². The van der Waals surface area contributed by atoms with E-state index in [1.165, 1.54) is 106 Å². The Morgan fingerprint density at radius 2 is 0.900 bits per heavy atom. The van der Waals surface area contributed by atoms with Crippen LogP contribution < -0.4 is 0 Å². The van der Waals surface area contributed by atoms with Gasteiger partial charge < -0.3 is 0 Å². The minimum Gasteiger partial charge on any atom is -0.135 e. The summed E-state index contributed by atoms with van der Waals surface area (Å²) in [6, 6.07) is 58.5. The summed E-state index contributed by atoms with van der Waals surface area (Å²) in [5.41, 5.74) is 7.62. The molecule has 0 atom stereocenters. The Hall–Kier alpha value is -5.80. The van der Waals surface area contributed by atoms with E-state index in [4.69, 9.17) is 0 Å². The minimum atomic E-state index is 1.20. The Kier molecular flexibility index (Phi) is 6.09. The van der Waals surface area contributed by atoms with Gasteiger partial charge in [0.05, 0.1) is 0 Å². The molecule has 0 bridgehead atoms. The van der Waals surface area contributed by atoms with Crippen molar-refractivity contribution in [1.82, 2.24) is 0 Å². The van der Waals surface area contributed by atoms with Crippen LogP contribution in [0.3, 0.4) is 0 Å². The lowest BCUT2D eigenvalue weighted by atomic mass is 9.85. The highest BCUT2D eigenvalue weighted by Gasteiger charge is 2.20. The van der Waals surface area contributed by atoms with Gasteiger partial charge in [0.15, 0.2) is 0 Å². The lowest BCUT2D eigenvalue weighted by molar-refractivity contribution is 1.66. The molecule has 9 aromatic carbocycles. The van der Waals surface area contributed by atoms with Crippen molar-refractivity contribution in [3.8, 4) is 22.3 Å². The van der Waals surface area contributed by atoms with E-state index in [2.05, 4.69) is 170 Å². The summed E-state index contributed by atoms with van der Waals surface area (Å²) >= 11 is 3.81. The topological polar surface area (TPSA) is 0 Å². The Morgan fingerprint density at radius 3 is 1.62 bits per heavy atom. The van der Waals surface area contributed by atoms with E-state index in [0.29, 0.717) is 0 Å². The third-order valence-electron chi connectivity index (χ3n) is 10.5. The summed E-state index contributed by atoms with van der Waals surface area (Å²) in [5.74, 6) is 0. The highest BCUT2D eigenvalue weighted by Crippen LogP contribution is 2.48. The predicted molar refractivity (Wildman–Crippen MR) is 222 cm³/mol. The van der Waals surface area contributed by atoms with Crippen molar-refractivity contribution in [3.63, 3.8) is 0 Å². The molecule has 11 aromatic rings. The number of rotatable bonds is 4. The molecule has 0 aliphatic carbocycles. The first-order chi connectivity index (χ1) is 24.8. The van der Waals surface area contributed by atoms with Crippen LogP contribution in [-0.4, -0.2) is 0 Å². The van der Waals surface area contributed by atoms with Crippen molar-refractivity contribution >= 4 is 107 Å². The molecule has 0 fully saturated rings. The fraction of sp³-hybridized carbons (Fsp3) is 0. The zero-order chi connectivity index (χ0) is 32.8. The Labute approximate surface area is 297 Å². The quantitative estimate of drug-likeness (QED) is 0.129. The number of hydrogen-bond donors (Lipinski definition) is 0. The summed E-state index contributed by atoms with van der Waals surface area (Å²) in [6.07, 6.45) is 4.57. The van der Waals surface area contributed by atoms with Gasteiger partial charge in [-0.1, -0.05) is 152 Å². The minimum absolute atomic E-state index is 1.20. The number of benzene rings is 9. The molecule has 0 aliphatic heterocycles. The first kappa shape index (κ1) is 28.1. The van der Waals surface area contributed by atoms with Gasteiger partial charge in [0.1, 0.15) is 0 Å². The van der Waals surface area contributed by atoms with Gasteiger partial charge in [0.25, 0.3) is 0 Å². The van der Waals surface area contributed by atoms with Gasteiger partial charge >= 0.3 is 0 Å². The number of thiophene rings is 2. The second-order valence-electron chi connectivity index (χ2n) is 13.2. The average molecular weight is 669 g/mol. The monoisotopic (exact) mass is 668 g/mol. The van der Waals surface area contributed by atoms with E-state index >= 15 is 0 Å². The van der Waals surface area contributed by atoms with Gasteiger partial charge in [0.2, 0.25) is 0 Å². The average Bonchev–Trinajstić information content (AvgIpc) is 3.75. The first-order valence-corrected chi connectivity index (χ1v) is 18.7. The molecule has 232 valence electrons. The molecule has 0 radical (unpaired) electrons. The van der Waals surface area contributed by atoms with Crippen LogP contribution in [0.1, 0.15) is 11.1 Å². The van der Waals surface area contributed by atoms with Crippen molar-refractivity contribution in [2.24, 2.45) is 0 Å². The first-order valence-electron chi connectivity index (χ1n) is 17.1. The summed E-state index contributed by atoms with van der Waals surface area (Å²) in [4.78, 5) is 0. The Morgan fingerprint density at radius 1 is 0.340 bits per heavy atom. The zero-order valence-corrected chi connectivity index (χ0v) is 28.6. The third kappa shape index (κ3) is 4.10. The zero-order valence-electron chi connectivity index (χ0n) is 27.0. The second-order valence-corrected chi connectivity index (χ2v) is 15.3. The molecular formula is C48H28S2. The third-order valence-corrected chi connectivity index (χ3v) is 12.9. The molecule has 0 aliphatic rings. The van der Waals surface area contributed by atoms with Gasteiger partial charge in [-0.15, -0.1) is 22.7 Å². The van der Waals surface area contributed by atoms with Crippen molar-refractivity contribution in [1.29, 1.82) is 0 Å². The maximum absolute atomic E-state index is 2.43. The molecular weight excluding hydrogens is 641 g/mol. The molecule has 2 aromatic heterocycles. The molecule has 2 heterocycles. The van der Waals surface area contributed by atoms with E-state index < -0.39 is 0 Å². The van der Waals surface area contributed by atoms with E-state index in [1.54, 1.807) is 0 Å². The van der Waals surface area contributed by atoms with Crippen LogP contribution in [0.5, 0.6) is 0 Å². The standard InChI is InChI=1S/C48H28S2/c1-2-10-29(11-3-1)20-21-31-28-42(41-17-9-16-40-35-13-5-7-19-44(35)50-48(40)41)37-25-23-30-22-24-33(36-27-26-32(31)46(37)45(30)36)38-14-8-15-39-34-12-4-6-18-43(34)49-47(38)39/h1-28H/b21-20+. The summed E-state index contributed by atoms with van der Waals surface area (Å²) in [7, 11) is 0. The van der Waals surface area contributed by atoms with Gasteiger partial charge in [-0.3, -0.25) is 0 Å². The van der Waals surface area contributed by atoms with Crippen LogP contribution in [0.4, 0.5) is 0 Å². The van der Waals surface area contributed by atoms with Gasteiger partial charge in [-0.05, 0) is 72.8 Å². The second kappa shape index (κ2) is 10.9. The highest BCUT2D eigenvalue weighted by molar-refractivity contribution is 7.26. The van der Waals surface area contributed by atoms with Crippen LogP contribution in [0, 0.1) is 0 Å². The largest absolute Gasteiger partial charge is 0.135 e. The number of hydrogen-bond acceptors (Lipinski definition) is 2. The maximum atomic E-state index is 2.43. The molecule has 0 nitrogen and oxygen atoms in total. The molecule has 0 amide bonds. The molecule has 0 spiro atoms. The van der Waals surface area contributed by atoms with Crippen LogP contribution in [0.15, 0.2) is 158 Å². The van der Waals surface area contributed by atoms with Crippen LogP contribution in [0.2, 0.25) is 0 Å². The molecule has 0 unspecified atom stereocenters. The van der Waals surface area contributed by atoms with Crippen LogP contribution in [0.25, 0.3) is 107 Å². The smallest absolute Gasteiger partial charge is 0.0434 e. The molecule has 0 N–H and O–H groups in total.